The molecule has 0 spiro atoms. The van der Waals surface area contributed by atoms with Gasteiger partial charge in [-0.15, -0.1) is 11.6 Å². The summed E-state index contributed by atoms with van der Waals surface area (Å²) in [4.78, 5) is 26.8. The van der Waals surface area contributed by atoms with Gasteiger partial charge in [-0.2, -0.15) is 0 Å². The lowest BCUT2D eigenvalue weighted by Gasteiger charge is -2.15. The van der Waals surface area contributed by atoms with Gasteiger partial charge in [0.2, 0.25) is 5.91 Å². The van der Waals surface area contributed by atoms with Crippen LogP contribution in [0.3, 0.4) is 0 Å². The third-order valence-electron chi connectivity index (χ3n) is 2.65. The molecule has 1 aromatic rings. The Balaban J connectivity index is 2.80. The molecule has 0 aromatic heterocycles. The molecule has 1 rings (SSSR count). The largest absolute Gasteiger partial charge is 0.467 e. The number of ether oxygens (including phenoxy) is 1. The highest BCUT2D eigenvalue weighted by Gasteiger charge is 2.20. The zero-order chi connectivity index (χ0) is 15.8. The molecule has 0 bridgehead atoms. The van der Waals surface area contributed by atoms with Crippen molar-refractivity contribution >= 4 is 35.0 Å². The molecule has 0 aliphatic rings. The van der Waals surface area contributed by atoms with Gasteiger partial charge in [-0.25, -0.2) is 9.79 Å². The highest BCUT2D eigenvalue weighted by molar-refractivity contribution is 6.28. The molecule has 1 amide bonds. The fraction of sp³-hybridized carbons (Fsp3) is 0.357. The van der Waals surface area contributed by atoms with E-state index in [0.717, 1.165) is 5.56 Å². The summed E-state index contributed by atoms with van der Waals surface area (Å²) in [6.45, 7) is 1.35. The van der Waals surface area contributed by atoms with Crippen molar-refractivity contribution in [3.05, 3.63) is 29.8 Å². The third-order valence-corrected chi connectivity index (χ3v) is 2.92. The maximum atomic E-state index is 11.6. The minimum atomic E-state index is -0.713. The second kappa shape index (κ2) is 8.26. The third kappa shape index (κ3) is 5.83. The van der Waals surface area contributed by atoms with E-state index >= 15 is 0 Å². The number of hydrogen-bond acceptors (Lipinski definition) is 4. The van der Waals surface area contributed by atoms with E-state index in [1.54, 1.807) is 24.3 Å². The van der Waals surface area contributed by atoms with E-state index in [1.165, 1.54) is 14.0 Å². The number of halogens is 1. The summed E-state index contributed by atoms with van der Waals surface area (Å²) < 4.78 is 4.67. The first-order valence-corrected chi connectivity index (χ1v) is 6.82. The van der Waals surface area contributed by atoms with Gasteiger partial charge in [-0.3, -0.25) is 4.79 Å². The number of amidine groups is 1. The zero-order valence-electron chi connectivity index (χ0n) is 11.9. The molecule has 0 saturated heterocycles. The molecule has 21 heavy (non-hydrogen) atoms. The summed E-state index contributed by atoms with van der Waals surface area (Å²) in [5.74, 6) is -0.287. The fourth-order valence-electron chi connectivity index (χ4n) is 1.72. The molecule has 114 valence electrons. The topological polar surface area (TPSA) is 93.8 Å². The minimum Gasteiger partial charge on any atom is -0.467 e. The van der Waals surface area contributed by atoms with E-state index in [-0.39, 0.29) is 11.8 Å². The van der Waals surface area contributed by atoms with Crippen LogP contribution in [0.4, 0.5) is 5.69 Å². The van der Waals surface area contributed by atoms with Crippen molar-refractivity contribution in [2.24, 2.45) is 10.7 Å². The first kappa shape index (κ1) is 17.0. The van der Waals surface area contributed by atoms with Crippen LogP contribution in [0, 0.1) is 0 Å². The maximum Gasteiger partial charge on any atom is 0.328 e. The highest BCUT2D eigenvalue weighted by Crippen LogP contribution is 2.14. The number of aliphatic imine (C=N–C) groups is 1. The van der Waals surface area contributed by atoms with Crippen LogP contribution < -0.4 is 11.1 Å². The first-order valence-electron chi connectivity index (χ1n) is 6.29. The molecule has 6 nitrogen and oxygen atoms in total. The quantitative estimate of drug-likeness (QED) is 0.356. The Morgan fingerprint density at radius 3 is 2.48 bits per heavy atom. The van der Waals surface area contributed by atoms with E-state index < -0.39 is 12.0 Å². The van der Waals surface area contributed by atoms with Crippen LogP contribution in [0.5, 0.6) is 0 Å². The average Bonchev–Trinajstić information content (AvgIpc) is 2.47. The van der Waals surface area contributed by atoms with Crippen molar-refractivity contribution in [3.8, 4) is 0 Å². The smallest absolute Gasteiger partial charge is 0.328 e. The Kier molecular flexibility index (Phi) is 6.68. The Hall–Kier alpha value is -2.08. The van der Waals surface area contributed by atoms with Crippen molar-refractivity contribution in [2.45, 2.75) is 19.4 Å². The van der Waals surface area contributed by atoms with Gasteiger partial charge >= 0.3 is 5.97 Å². The van der Waals surface area contributed by atoms with Crippen LogP contribution in [-0.4, -0.2) is 36.7 Å². The second-order valence-electron chi connectivity index (χ2n) is 4.38. The molecule has 1 unspecified atom stereocenters. The van der Waals surface area contributed by atoms with Gasteiger partial charge in [0.1, 0.15) is 11.9 Å². The monoisotopic (exact) mass is 311 g/mol. The molecule has 0 fully saturated rings. The Labute approximate surface area is 128 Å². The van der Waals surface area contributed by atoms with Crippen molar-refractivity contribution in [1.82, 2.24) is 5.32 Å². The molecular formula is C14H18ClN3O3. The average molecular weight is 312 g/mol. The van der Waals surface area contributed by atoms with Gasteiger partial charge in [0.25, 0.3) is 0 Å². The lowest BCUT2D eigenvalue weighted by atomic mass is 10.1. The maximum absolute atomic E-state index is 11.6. The standard InChI is InChI=1S/C14H18ClN3O3/c1-9(19)17-12(14(20)21-2)7-10-3-5-11(6-4-10)18-13(16)8-15/h3-6,12H,7-8H2,1-2H3,(H2,16,18)(H,17,19). The Morgan fingerprint density at radius 1 is 1.38 bits per heavy atom. The number of carbonyl (C=O) groups excluding carboxylic acids is 2. The second-order valence-corrected chi connectivity index (χ2v) is 4.65. The summed E-state index contributed by atoms with van der Waals surface area (Å²) in [7, 11) is 1.28. The summed E-state index contributed by atoms with van der Waals surface area (Å²) in [6, 6.07) is 6.42. The molecule has 0 saturated carbocycles. The number of nitrogens with two attached hydrogens (primary N) is 1. The first-order chi connectivity index (χ1) is 9.96. The summed E-state index contributed by atoms with van der Waals surface area (Å²) >= 11 is 5.55. The number of nitrogens with zero attached hydrogens (tertiary/aromatic N) is 1. The molecule has 0 radical (unpaired) electrons. The SMILES string of the molecule is COC(=O)C(Cc1ccc(N=C(N)CCl)cc1)NC(C)=O. The molecule has 0 heterocycles. The number of hydrogen-bond donors (Lipinski definition) is 2. The van der Waals surface area contributed by atoms with Crippen LogP contribution in [-0.2, 0) is 20.7 Å². The van der Waals surface area contributed by atoms with Gasteiger partial charge in [-0.1, -0.05) is 12.1 Å². The molecule has 1 aromatic carbocycles. The van der Waals surface area contributed by atoms with Gasteiger partial charge in [0, 0.05) is 13.3 Å². The summed E-state index contributed by atoms with van der Waals surface area (Å²) in [6.07, 6.45) is 0.335. The zero-order valence-corrected chi connectivity index (χ0v) is 12.7. The highest BCUT2D eigenvalue weighted by atomic mass is 35.5. The van der Waals surface area contributed by atoms with E-state index in [0.29, 0.717) is 17.9 Å². The van der Waals surface area contributed by atoms with Crippen molar-refractivity contribution in [3.63, 3.8) is 0 Å². The van der Waals surface area contributed by atoms with Crippen LogP contribution >= 0.6 is 11.6 Å². The Bertz CT molecular complexity index is 529. The minimum absolute atomic E-state index is 0.161. The number of amides is 1. The van der Waals surface area contributed by atoms with Crippen LogP contribution in [0.15, 0.2) is 29.3 Å². The predicted molar refractivity (Wildman–Crippen MR) is 81.8 cm³/mol. The molecule has 0 aliphatic heterocycles. The number of rotatable bonds is 6. The van der Waals surface area contributed by atoms with Crippen molar-refractivity contribution < 1.29 is 14.3 Å². The number of carbonyl (C=O) groups is 2. The van der Waals surface area contributed by atoms with E-state index in [4.69, 9.17) is 17.3 Å². The lowest BCUT2D eigenvalue weighted by Crippen LogP contribution is -2.41. The summed E-state index contributed by atoms with van der Waals surface area (Å²) in [5.41, 5.74) is 7.08. The molecule has 0 aliphatic carbocycles. The van der Waals surface area contributed by atoms with Crippen LogP contribution in [0.1, 0.15) is 12.5 Å². The van der Waals surface area contributed by atoms with E-state index in [2.05, 4.69) is 15.0 Å². The van der Waals surface area contributed by atoms with Crippen molar-refractivity contribution in [2.75, 3.05) is 13.0 Å². The van der Waals surface area contributed by atoms with Gasteiger partial charge in [0.05, 0.1) is 18.7 Å². The van der Waals surface area contributed by atoms with Gasteiger partial charge in [-0.05, 0) is 17.7 Å². The van der Waals surface area contributed by atoms with E-state index in [1.807, 2.05) is 0 Å². The van der Waals surface area contributed by atoms with Crippen molar-refractivity contribution in [1.29, 1.82) is 0 Å². The fourth-order valence-corrected chi connectivity index (χ4v) is 1.78. The number of esters is 1. The number of methoxy groups -OCH3 is 1. The van der Waals surface area contributed by atoms with Crippen LogP contribution in [0.2, 0.25) is 0 Å². The van der Waals surface area contributed by atoms with E-state index in [9.17, 15) is 9.59 Å². The molecule has 3 N–H and O–H groups in total. The predicted octanol–water partition coefficient (Wildman–Crippen LogP) is 1.13. The van der Waals surface area contributed by atoms with Gasteiger partial charge < -0.3 is 15.8 Å². The Morgan fingerprint density at radius 2 is 2.00 bits per heavy atom. The number of nitrogens with one attached hydrogen (secondary N) is 1. The lowest BCUT2D eigenvalue weighted by molar-refractivity contribution is -0.144. The molecule has 1 atom stereocenters. The van der Waals surface area contributed by atoms with Crippen LogP contribution in [0.25, 0.3) is 0 Å². The normalized spacial score (nSPS) is 12.6. The number of benzene rings is 1. The summed E-state index contributed by atoms with van der Waals surface area (Å²) in [5, 5.41) is 2.56. The molecule has 7 heteroatoms. The van der Waals surface area contributed by atoms with Gasteiger partial charge in [0.15, 0.2) is 0 Å². The number of alkyl halides is 1. The molecular weight excluding hydrogens is 294 g/mol.